The van der Waals surface area contributed by atoms with E-state index in [4.69, 9.17) is 5.73 Å². The Morgan fingerprint density at radius 1 is 1.21 bits per heavy atom. The Kier molecular flexibility index (Phi) is 6.53. The molecule has 1 heterocycles. The van der Waals surface area contributed by atoms with Crippen LogP contribution in [0.4, 0.5) is 0 Å². The smallest absolute Gasteiger partial charge is 0.279 e. The molecule has 1 saturated carbocycles. The Labute approximate surface area is 122 Å². The van der Waals surface area contributed by atoms with Crippen molar-refractivity contribution in [2.45, 2.75) is 45.1 Å². The lowest BCUT2D eigenvalue weighted by Crippen LogP contribution is -2.49. The Balaban J connectivity index is 0.00000180. The van der Waals surface area contributed by atoms with Gasteiger partial charge in [-0.15, -0.1) is 12.4 Å². The summed E-state index contributed by atoms with van der Waals surface area (Å²) in [6.45, 7) is 4.05. The maximum absolute atomic E-state index is 12.3. The molecule has 1 saturated heterocycles. The fraction of sp³-hybridized carbons (Fsp3) is 1.00. The zero-order valence-electron chi connectivity index (χ0n) is 11.5. The number of nitrogens with two attached hydrogens (primary N) is 1. The number of nitrogens with zero attached hydrogens (tertiary/aromatic N) is 1. The van der Waals surface area contributed by atoms with Crippen LogP contribution < -0.4 is 10.5 Å². The molecule has 2 aliphatic rings. The highest BCUT2D eigenvalue weighted by molar-refractivity contribution is 7.87. The van der Waals surface area contributed by atoms with Gasteiger partial charge in [-0.1, -0.05) is 13.3 Å². The van der Waals surface area contributed by atoms with Gasteiger partial charge in [0.1, 0.15) is 0 Å². The highest BCUT2D eigenvalue weighted by Crippen LogP contribution is 2.26. The van der Waals surface area contributed by atoms with Crippen molar-refractivity contribution in [1.82, 2.24) is 9.03 Å². The van der Waals surface area contributed by atoms with E-state index in [2.05, 4.69) is 11.6 Å². The molecule has 3 N–H and O–H groups in total. The summed E-state index contributed by atoms with van der Waals surface area (Å²) in [5.74, 6) is 0.947. The Morgan fingerprint density at radius 2 is 1.84 bits per heavy atom. The maximum Gasteiger partial charge on any atom is 0.279 e. The predicted octanol–water partition coefficient (Wildman–Crippen LogP) is 1.10. The maximum atomic E-state index is 12.3. The highest BCUT2D eigenvalue weighted by Gasteiger charge is 2.33. The van der Waals surface area contributed by atoms with Gasteiger partial charge < -0.3 is 5.73 Å². The molecule has 0 aromatic heterocycles. The van der Waals surface area contributed by atoms with Gasteiger partial charge in [-0.05, 0) is 44.1 Å². The van der Waals surface area contributed by atoms with Gasteiger partial charge in [0.05, 0.1) is 0 Å². The van der Waals surface area contributed by atoms with Gasteiger partial charge >= 0.3 is 0 Å². The zero-order chi connectivity index (χ0) is 13.2. The molecule has 0 amide bonds. The van der Waals surface area contributed by atoms with E-state index in [1.54, 1.807) is 4.31 Å². The second-order valence-corrected chi connectivity index (χ2v) is 7.44. The minimum absolute atomic E-state index is 0. The van der Waals surface area contributed by atoms with Crippen molar-refractivity contribution in [3.63, 3.8) is 0 Å². The summed E-state index contributed by atoms with van der Waals surface area (Å²) >= 11 is 0. The van der Waals surface area contributed by atoms with E-state index in [0.717, 1.165) is 32.1 Å². The van der Waals surface area contributed by atoms with Gasteiger partial charge in [0.2, 0.25) is 0 Å². The second-order valence-electron chi connectivity index (χ2n) is 5.74. The zero-order valence-corrected chi connectivity index (χ0v) is 13.2. The first-order valence-corrected chi connectivity index (χ1v) is 8.44. The fourth-order valence-electron chi connectivity index (χ4n) is 2.97. The number of nitrogens with one attached hydrogen (secondary N) is 1. The van der Waals surface area contributed by atoms with Gasteiger partial charge in [-0.3, -0.25) is 0 Å². The van der Waals surface area contributed by atoms with Crippen LogP contribution in [0.5, 0.6) is 0 Å². The molecule has 1 aliphatic carbocycles. The Hall–Kier alpha value is 0.120. The van der Waals surface area contributed by atoms with Crippen LogP contribution in [0.25, 0.3) is 0 Å². The van der Waals surface area contributed by atoms with Crippen molar-refractivity contribution >= 4 is 22.6 Å². The summed E-state index contributed by atoms with van der Waals surface area (Å²) in [6, 6.07) is 0.0411. The minimum Gasteiger partial charge on any atom is -0.330 e. The summed E-state index contributed by atoms with van der Waals surface area (Å²) < 4.78 is 29.0. The average Bonchev–Trinajstić information content (AvgIpc) is 2.76. The number of piperidine rings is 1. The van der Waals surface area contributed by atoms with Crippen molar-refractivity contribution in [2.24, 2.45) is 17.6 Å². The third-order valence-electron chi connectivity index (χ3n) is 4.34. The van der Waals surface area contributed by atoms with Gasteiger partial charge in [0.25, 0.3) is 10.2 Å². The first kappa shape index (κ1) is 17.2. The molecule has 5 nitrogen and oxygen atoms in total. The van der Waals surface area contributed by atoms with Crippen LogP contribution in [-0.4, -0.2) is 38.4 Å². The number of rotatable bonds is 4. The molecule has 2 fully saturated rings. The molecule has 0 aromatic carbocycles. The normalized spacial score (nSPS) is 30.2. The van der Waals surface area contributed by atoms with E-state index >= 15 is 0 Å². The van der Waals surface area contributed by atoms with Crippen LogP contribution >= 0.6 is 12.4 Å². The fourth-order valence-corrected chi connectivity index (χ4v) is 4.50. The van der Waals surface area contributed by atoms with Crippen LogP contribution in [-0.2, 0) is 10.2 Å². The second kappa shape index (κ2) is 7.22. The standard InChI is InChI=1S/C12H25N3O2S.ClH/c1-10-5-7-15(8-6-10)18(16,17)14-12-4-2-3-11(12)9-13;/h10-12,14H,2-9,13H2,1H3;1H. The molecular weight excluding hydrogens is 286 g/mol. The van der Waals surface area contributed by atoms with Crippen LogP contribution in [0.3, 0.4) is 0 Å². The van der Waals surface area contributed by atoms with Gasteiger partial charge in [0, 0.05) is 19.1 Å². The summed E-state index contributed by atoms with van der Waals surface area (Å²) in [6.07, 6.45) is 4.97. The first-order valence-electron chi connectivity index (χ1n) is 7.00. The van der Waals surface area contributed by atoms with Crippen LogP contribution in [0, 0.1) is 11.8 Å². The lowest BCUT2D eigenvalue weighted by Gasteiger charge is -2.31. The third-order valence-corrected chi connectivity index (χ3v) is 5.99. The Bertz CT molecular complexity index is 369. The van der Waals surface area contributed by atoms with Gasteiger partial charge in [-0.2, -0.15) is 17.4 Å². The molecule has 114 valence electrons. The molecular formula is C12H26ClN3O2S. The van der Waals surface area contributed by atoms with Crippen LogP contribution in [0.15, 0.2) is 0 Å². The van der Waals surface area contributed by atoms with Crippen molar-refractivity contribution in [3.8, 4) is 0 Å². The molecule has 2 atom stereocenters. The highest BCUT2D eigenvalue weighted by atomic mass is 35.5. The van der Waals surface area contributed by atoms with E-state index in [-0.39, 0.29) is 18.4 Å². The predicted molar refractivity (Wildman–Crippen MR) is 79.5 cm³/mol. The molecule has 0 spiro atoms. The number of hydrogen-bond acceptors (Lipinski definition) is 3. The van der Waals surface area contributed by atoms with E-state index in [1.807, 2.05) is 0 Å². The average molecular weight is 312 g/mol. The van der Waals surface area contributed by atoms with Gasteiger partial charge in [0.15, 0.2) is 0 Å². The molecule has 0 radical (unpaired) electrons. The topological polar surface area (TPSA) is 75.4 Å². The summed E-state index contributed by atoms with van der Waals surface area (Å²) in [7, 11) is -3.31. The SMILES string of the molecule is CC1CCN(S(=O)(=O)NC2CCCC2CN)CC1.Cl. The Morgan fingerprint density at radius 3 is 2.42 bits per heavy atom. The monoisotopic (exact) mass is 311 g/mol. The van der Waals surface area contributed by atoms with Gasteiger partial charge in [-0.25, -0.2) is 0 Å². The minimum atomic E-state index is -3.31. The summed E-state index contributed by atoms with van der Waals surface area (Å²) in [5.41, 5.74) is 5.69. The van der Waals surface area contributed by atoms with E-state index < -0.39 is 10.2 Å². The molecule has 1 aliphatic heterocycles. The lowest BCUT2D eigenvalue weighted by atomic mass is 10.0. The summed E-state index contributed by atoms with van der Waals surface area (Å²) in [4.78, 5) is 0. The van der Waals surface area contributed by atoms with E-state index in [1.165, 1.54) is 0 Å². The van der Waals surface area contributed by atoms with E-state index in [9.17, 15) is 8.42 Å². The molecule has 2 unspecified atom stereocenters. The van der Waals surface area contributed by atoms with Crippen molar-refractivity contribution in [3.05, 3.63) is 0 Å². The first-order chi connectivity index (χ1) is 8.53. The number of hydrogen-bond donors (Lipinski definition) is 2. The third kappa shape index (κ3) is 4.29. The summed E-state index contributed by atoms with van der Waals surface area (Å²) in [5, 5.41) is 0. The lowest BCUT2D eigenvalue weighted by molar-refractivity contribution is 0.281. The van der Waals surface area contributed by atoms with Crippen molar-refractivity contribution in [1.29, 1.82) is 0 Å². The van der Waals surface area contributed by atoms with Crippen LogP contribution in [0.1, 0.15) is 39.0 Å². The number of halogens is 1. The molecule has 0 aromatic rings. The van der Waals surface area contributed by atoms with Crippen molar-refractivity contribution in [2.75, 3.05) is 19.6 Å². The molecule has 2 rings (SSSR count). The van der Waals surface area contributed by atoms with Crippen LogP contribution in [0.2, 0.25) is 0 Å². The van der Waals surface area contributed by atoms with Crippen molar-refractivity contribution < 1.29 is 8.42 Å². The quantitative estimate of drug-likeness (QED) is 0.816. The largest absolute Gasteiger partial charge is 0.330 e. The molecule has 19 heavy (non-hydrogen) atoms. The molecule has 7 heteroatoms. The molecule has 0 bridgehead atoms. The van der Waals surface area contributed by atoms with E-state index in [0.29, 0.717) is 31.5 Å².